The fourth-order valence-corrected chi connectivity index (χ4v) is 3.33. The van der Waals surface area contributed by atoms with Crippen molar-refractivity contribution < 1.29 is 0 Å². The third kappa shape index (κ3) is 2.52. The molecule has 0 aliphatic heterocycles. The van der Waals surface area contributed by atoms with Gasteiger partial charge in [-0.15, -0.1) is 0 Å². The van der Waals surface area contributed by atoms with Crippen molar-refractivity contribution in [2.75, 3.05) is 0 Å². The van der Waals surface area contributed by atoms with E-state index in [0.29, 0.717) is 0 Å². The summed E-state index contributed by atoms with van der Waals surface area (Å²) in [6, 6.07) is 33.1. The van der Waals surface area contributed by atoms with E-state index in [4.69, 9.17) is 9.97 Å². The van der Waals surface area contributed by atoms with Gasteiger partial charge in [0.05, 0.1) is 22.4 Å². The first-order valence-electron chi connectivity index (χ1n) is 8.70. The maximum atomic E-state index is 4.94. The summed E-state index contributed by atoms with van der Waals surface area (Å²) in [4.78, 5) is 9.79. The topological polar surface area (TPSA) is 25.8 Å². The lowest BCUT2D eigenvalue weighted by Gasteiger charge is -2.08. The van der Waals surface area contributed by atoms with Gasteiger partial charge in [-0.2, -0.15) is 0 Å². The Balaban J connectivity index is 1.71. The molecule has 122 valence electrons. The van der Waals surface area contributed by atoms with Crippen LogP contribution in [0.4, 0.5) is 0 Å². The van der Waals surface area contributed by atoms with Crippen molar-refractivity contribution in [1.82, 2.24) is 9.97 Å². The smallest absolute Gasteiger partial charge is 0.0803 e. The Morgan fingerprint density at radius 2 is 1.04 bits per heavy atom. The summed E-state index contributed by atoms with van der Waals surface area (Å²) >= 11 is 0. The highest BCUT2D eigenvalue weighted by molar-refractivity contribution is 6.04. The highest BCUT2D eigenvalue weighted by Gasteiger charge is 2.07. The molecule has 0 unspecified atom stereocenters. The number of pyridine rings is 2. The zero-order valence-electron chi connectivity index (χ0n) is 14.1. The number of hydrogen-bond acceptors (Lipinski definition) is 2. The molecule has 0 aliphatic carbocycles. The molecule has 0 amide bonds. The zero-order valence-corrected chi connectivity index (χ0v) is 14.1. The fourth-order valence-electron chi connectivity index (χ4n) is 3.33. The molecule has 5 aromatic rings. The molecule has 0 saturated heterocycles. The lowest BCUT2D eigenvalue weighted by molar-refractivity contribution is 1.38. The maximum Gasteiger partial charge on any atom is 0.0803 e. The number of rotatable bonds is 2. The predicted octanol–water partition coefficient (Wildman–Crippen LogP) is 6.12. The van der Waals surface area contributed by atoms with Gasteiger partial charge < -0.3 is 0 Å². The van der Waals surface area contributed by atoms with Crippen LogP contribution in [0.1, 0.15) is 0 Å². The summed E-state index contributed by atoms with van der Waals surface area (Å²) in [6.07, 6.45) is 0. The van der Waals surface area contributed by atoms with Crippen LogP contribution in [0.2, 0.25) is 0 Å². The summed E-state index contributed by atoms with van der Waals surface area (Å²) in [6.45, 7) is 0. The van der Waals surface area contributed by atoms with E-state index in [-0.39, 0.29) is 0 Å². The summed E-state index contributed by atoms with van der Waals surface area (Å²) in [7, 11) is 0. The van der Waals surface area contributed by atoms with Crippen LogP contribution in [0.15, 0.2) is 97.1 Å². The van der Waals surface area contributed by atoms with E-state index in [1.54, 1.807) is 0 Å². The van der Waals surface area contributed by atoms with Crippen molar-refractivity contribution in [2.24, 2.45) is 0 Å². The number of benzene rings is 3. The Kier molecular flexibility index (Phi) is 3.46. The van der Waals surface area contributed by atoms with Gasteiger partial charge in [0.2, 0.25) is 0 Å². The van der Waals surface area contributed by atoms with Gasteiger partial charge in [0.1, 0.15) is 0 Å². The molecule has 2 heterocycles. The van der Waals surface area contributed by atoms with Crippen LogP contribution in [0.5, 0.6) is 0 Å². The number of hydrogen-bond donors (Lipinski definition) is 0. The Morgan fingerprint density at radius 3 is 1.73 bits per heavy atom. The normalized spacial score (nSPS) is 11.1. The van der Waals surface area contributed by atoms with Gasteiger partial charge in [-0.3, -0.25) is 0 Å². The standard InChI is InChI=1S/C24H16N2/c1-3-7-17(8-4-1)21-16-13-20-23(25-21)15-12-19-11-14-22(26-24(19)20)18-9-5-2-6-10-18/h1-16H. The Bertz CT molecular complexity index is 1210. The van der Waals surface area contributed by atoms with E-state index < -0.39 is 0 Å². The molecule has 0 radical (unpaired) electrons. The Hall–Kier alpha value is -3.52. The second-order valence-electron chi connectivity index (χ2n) is 6.33. The van der Waals surface area contributed by atoms with Crippen LogP contribution < -0.4 is 0 Å². The molecule has 0 N–H and O–H groups in total. The zero-order chi connectivity index (χ0) is 17.3. The van der Waals surface area contributed by atoms with Gasteiger partial charge in [0, 0.05) is 21.9 Å². The number of fused-ring (bicyclic) bond motifs is 3. The van der Waals surface area contributed by atoms with Crippen LogP contribution in [0, 0.1) is 0 Å². The Labute approximate surface area is 151 Å². The van der Waals surface area contributed by atoms with Gasteiger partial charge in [-0.1, -0.05) is 72.8 Å². The predicted molar refractivity (Wildman–Crippen MR) is 108 cm³/mol. The number of aromatic nitrogens is 2. The lowest BCUT2D eigenvalue weighted by Crippen LogP contribution is -1.90. The van der Waals surface area contributed by atoms with Gasteiger partial charge >= 0.3 is 0 Å². The molecule has 5 rings (SSSR count). The van der Waals surface area contributed by atoms with Gasteiger partial charge in [-0.25, -0.2) is 9.97 Å². The second-order valence-corrected chi connectivity index (χ2v) is 6.33. The van der Waals surface area contributed by atoms with Gasteiger partial charge in [-0.05, 0) is 24.3 Å². The fraction of sp³-hybridized carbons (Fsp3) is 0. The van der Waals surface area contributed by atoms with Gasteiger partial charge in [0.25, 0.3) is 0 Å². The molecule has 2 nitrogen and oxygen atoms in total. The van der Waals surface area contributed by atoms with Crippen molar-refractivity contribution >= 4 is 21.8 Å². The highest BCUT2D eigenvalue weighted by atomic mass is 14.7. The first-order valence-corrected chi connectivity index (χ1v) is 8.70. The molecule has 0 aliphatic rings. The third-order valence-corrected chi connectivity index (χ3v) is 4.67. The number of nitrogens with zero attached hydrogens (tertiary/aromatic N) is 2. The minimum atomic E-state index is 0.969. The van der Waals surface area contributed by atoms with E-state index in [9.17, 15) is 0 Å². The minimum absolute atomic E-state index is 0.969. The molecule has 0 atom stereocenters. The minimum Gasteiger partial charge on any atom is -0.248 e. The van der Waals surface area contributed by atoms with Crippen LogP contribution in [0.3, 0.4) is 0 Å². The van der Waals surface area contributed by atoms with Crippen molar-refractivity contribution in [3.05, 3.63) is 97.1 Å². The molecule has 0 saturated carbocycles. The van der Waals surface area contributed by atoms with Gasteiger partial charge in [0.15, 0.2) is 0 Å². The molecule has 2 aromatic heterocycles. The van der Waals surface area contributed by atoms with E-state index in [1.807, 2.05) is 36.4 Å². The lowest BCUT2D eigenvalue weighted by atomic mass is 10.1. The van der Waals surface area contributed by atoms with Crippen LogP contribution in [0.25, 0.3) is 44.3 Å². The first-order chi connectivity index (χ1) is 12.9. The van der Waals surface area contributed by atoms with Crippen molar-refractivity contribution in [1.29, 1.82) is 0 Å². The average molecular weight is 332 g/mol. The first kappa shape index (κ1) is 14.8. The SMILES string of the molecule is c1ccc(-c2ccc3c(ccc4ccc(-c5ccccc5)nc43)n2)cc1. The van der Waals surface area contributed by atoms with Crippen LogP contribution in [-0.2, 0) is 0 Å². The second kappa shape index (κ2) is 6.08. The van der Waals surface area contributed by atoms with E-state index in [2.05, 4.69) is 60.7 Å². The van der Waals surface area contributed by atoms with Crippen LogP contribution >= 0.6 is 0 Å². The van der Waals surface area contributed by atoms with E-state index >= 15 is 0 Å². The molecule has 3 aromatic carbocycles. The largest absolute Gasteiger partial charge is 0.248 e. The highest BCUT2D eigenvalue weighted by Crippen LogP contribution is 2.28. The average Bonchev–Trinajstić information content (AvgIpc) is 2.74. The van der Waals surface area contributed by atoms with E-state index in [1.165, 1.54) is 0 Å². The van der Waals surface area contributed by atoms with Crippen LogP contribution in [-0.4, -0.2) is 9.97 Å². The van der Waals surface area contributed by atoms with Crippen molar-refractivity contribution in [3.63, 3.8) is 0 Å². The molecular formula is C24H16N2. The third-order valence-electron chi connectivity index (χ3n) is 4.67. The maximum absolute atomic E-state index is 4.94. The Morgan fingerprint density at radius 1 is 0.462 bits per heavy atom. The summed E-state index contributed by atoms with van der Waals surface area (Å²) in [5.41, 5.74) is 6.18. The molecular weight excluding hydrogens is 316 g/mol. The summed E-state index contributed by atoms with van der Waals surface area (Å²) < 4.78 is 0. The quantitative estimate of drug-likeness (QED) is 0.364. The summed E-state index contributed by atoms with van der Waals surface area (Å²) in [5, 5.41) is 2.21. The monoisotopic (exact) mass is 332 g/mol. The van der Waals surface area contributed by atoms with Crippen molar-refractivity contribution in [3.8, 4) is 22.5 Å². The van der Waals surface area contributed by atoms with Crippen molar-refractivity contribution in [2.45, 2.75) is 0 Å². The molecule has 26 heavy (non-hydrogen) atoms. The molecule has 0 spiro atoms. The van der Waals surface area contributed by atoms with E-state index in [0.717, 1.165) is 44.3 Å². The molecule has 0 bridgehead atoms. The molecule has 0 fully saturated rings. The molecule has 2 heteroatoms. The summed E-state index contributed by atoms with van der Waals surface area (Å²) in [5.74, 6) is 0.